The SMILES string of the molecule is CC1CCCCN1C(=O)c1cc(F)cc(B(O)O)c1. The van der Waals surface area contributed by atoms with Crippen molar-refractivity contribution in [3.05, 3.63) is 29.6 Å². The van der Waals surface area contributed by atoms with Gasteiger partial charge in [0.1, 0.15) is 5.82 Å². The number of hydrogen-bond acceptors (Lipinski definition) is 3. The average Bonchev–Trinajstić information content (AvgIpc) is 2.37. The van der Waals surface area contributed by atoms with Crippen LogP contribution in [0.25, 0.3) is 0 Å². The van der Waals surface area contributed by atoms with Gasteiger partial charge in [0.25, 0.3) is 5.91 Å². The van der Waals surface area contributed by atoms with Crippen LogP contribution in [0, 0.1) is 5.82 Å². The highest BCUT2D eigenvalue weighted by Crippen LogP contribution is 2.19. The van der Waals surface area contributed by atoms with Crippen molar-refractivity contribution < 1.29 is 19.2 Å². The first-order valence-electron chi connectivity index (χ1n) is 6.46. The van der Waals surface area contributed by atoms with Crippen molar-refractivity contribution in [1.82, 2.24) is 4.90 Å². The number of piperidine rings is 1. The molecule has 0 aliphatic carbocycles. The number of nitrogens with zero attached hydrogens (tertiary/aromatic N) is 1. The molecular formula is C13H17BFNO3. The topological polar surface area (TPSA) is 60.8 Å². The van der Waals surface area contributed by atoms with Crippen LogP contribution in [-0.4, -0.2) is 40.6 Å². The predicted octanol–water partition coefficient (Wildman–Crippen LogP) is 0.520. The molecule has 1 aliphatic rings. The highest BCUT2D eigenvalue weighted by molar-refractivity contribution is 6.58. The largest absolute Gasteiger partial charge is 0.488 e. The van der Waals surface area contributed by atoms with Crippen molar-refractivity contribution in [2.75, 3.05) is 6.54 Å². The first-order valence-corrected chi connectivity index (χ1v) is 6.46. The van der Waals surface area contributed by atoms with E-state index in [-0.39, 0.29) is 23.0 Å². The van der Waals surface area contributed by atoms with Gasteiger partial charge in [0, 0.05) is 18.2 Å². The maximum Gasteiger partial charge on any atom is 0.488 e. The Bertz CT molecular complexity index is 481. The Morgan fingerprint density at radius 2 is 2.11 bits per heavy atom. The fraction of sp³-hybridized carbons (Fsp3) is 0.462. The van der Waals surface area contributed by atoms with Crippen molar-refractivity contribution in [3.63, 3.8) is 0 Å². The number of halogens is 1. The summed E-state index contributed by atoms with van der Waals surface area (Å²) in [7, 11) is -1.78. The number of likely N-dealkylation sites (tertiary alicyclic amines) is 1. The van der Waals surface area contributed by atoms with Gasteiger partial charge in [-0.05, 0) is 49.8 Å². The minimum Gasteiger partial charge on any atom is -0.423 e. The number of rotatable bonds is 2. The summed E-state index contributed by atoms with van der Waals surface area (Å²) < 4.78 is 13.4. The number of benzene rings is 1. The first kappa shape index (κ1) is 14.0. The van der Waals surface area contributed by atoms with E-state index in [0.717, 1.165) is 31.4 Å². The first-order chi connectivity index (χ1) is 8.99. The van der Waals surface area contributed by atoms with Crippen LogP contribution in [0.4, 0.5) is 4.39 Å². The fourth-order valence-electron chi connectivity index (χ4n) is 2.45. The van der Waals surface area contributed by atoms with Gasteiger partial charge in [-0.15, -0.1) is 0 Å². The Balaban J connectivity index is 2.27. The van der Waals surface area contributed by atoms with Crippen LogP contribution in [0.2, 0.25) is 0 Å². The lowest BCUT2D eigenvalue weighted by molar-refractivity contribution is 0.0635. The summed E-state index contributed by atoms with van der Waals surface area (Å²) in [5.41, 5.74) is 0.157. The third-order valence-electron chi connectivity index (χ3n) is 3.53. The molecule has 1 saturated heterocycles. The average molecular weight is 265 g/mol. The molecule has 0 saturated carbocycles. The smallest absolute Gasteiger partial charge is 0.423 e. The van der Waals surface area contributed by atoms with E-state index in [1.54, 1.807) is 4.90 Å². The fourth-order valence-corrected chi connectivity index (χ4v) is 2.45. The molecule has 6 heteroatoms. The summed E-state index contributed by atoms with van der Waals surface area (Å²) in [5, 5.41) is 18.2. The lowest BCUT2D eigenvalue weighted by Crippen LogP contribution is -2.42. The Hall–Kier alpha value is -1.40. The molecule has 0 spiro atoms. The van der Waals surface area contributed by atoms with Crippen molar-refractivity contribution in [2.24, 2.45) is 0 Å². The molecule has 0 aromatic heterocycles. The standard InChI is InChI=1S/C13H17BFNO3/c1-9-4-2-3-5-16(9)13(17)10-6-11(14(18)19)8-12(15)7-10/h6-9,18-19H,2-5H2,1H3. The number of hydrogen-bond donors (Lipinski definition) is 2. The van der Waals surface area contributed by atoms with Crippen LogP contribution in [0.1, 0.15) is 36.5 Å². The number of carbonyl (C=O) groups excluding carboxylic acids is 1. The van der Waals surface area contributed by atoms with Crippen LogP contribution in [0.15, 0.2) is 18.2 Å². The third-order valence-corrected chi connectivity index (χ3v) is 3.53. The van der Waals surface area contributed by atoms with Gasteiger partial charge in [-0.1, -0.05) is 0 Å². The summed E-state index contributed by atoms with van der Waals surface area (Å²) in [6.45, 7) is 2.63. The number of carbonyl (C=O) groups is 1. The maximum absolute atomic E-state index is 13.4. The summed E-state index contributed by atoms with van der Waals surface area (Å²) in [4.78, 5) is 14.0. The second kappa shape index (κ2) is 5.71. The zero-order valence-corrected chi connectivity index (χ0v) is 10.8. The Labute approximate surface area is 112 Å². The van der Waals surface area contributed by atoms with E-state index in [2.05, 4.69) is 0 Å². The maximum atomic E-state index is 13.4. The predicted molar refractivity (Wildman–Crippen MR) is 70.6 cm³/mol. The molecule has 102 valence electrons. The van der Waals surface area contributed by atoms with Gasteiger partial charge in [0.15, 0.2) is 0 Å². The Kier molecular flexibility index (Phi) is 4.22. The molecule has 4 nitrogen and oxygen atoms in total. The van der Waals surface area contributed by atoms with Gasteiger partial charge in [0.2, 0.25) is 0 Å². The molecule has 2 N–H and O–H groups in total. The van der Waals surface area contributed by atoms with Crippen molar-refractivity contribution in [3.8, 4) is 0 Å². The molecule has 2 rings (SSSR count). The second-order valence-corrected chi connectivity index (χ2v) is 4.99. The summed E-state index contributed by atoms with van der Waals surface area (Å²) in [6, 6.07) is 3.61. The van der Waals surface area contributed by atoms with Gasteiger partial charge in [-0.3, -0.25) is 4.79 Å². The van der Waals surface area contributed by atoms with Gasteiger partial charge < -0.3 is 14.9 Å². The molecule has 0 radical (unpaired) electrons. The molecule has 1 amide bonds. The summed E-state index contributed by atoms with van der Waals surface area (Å²) in [6.07, 6.45) is 2.98. The normalized spacial score (nSPS) is 19.4. The van der Waals surface area contributed by atoms with Gasteiger partial charge in [0.05, 0.1) is 0 Å². The second-order valence-electron chi connectivity index (χ2n) is 4.99. The van der Waals surface area contributed by atoms with E-state index in [4.69, 9.17) is 10.0 Å². The lowest BCUT2D eigenvalue weighted by atomic mass is 9.79. The van der Waals surface area contributed by atoms with E-state index in [1.807, 2.05) is 6.92 Å². The van der Waals surface area contributed by atoms with Crippen LogP contribution in [0.3, 0.4) is 0 Å². The van der Waals surface area contributed by atoms with E-state index in [0.29, 0.717) is 6.54 Å². The quantitative estimate of drug-likeness (QED) is 0.766. The molecule has 1 aliphatic heterocycles. The monoisotopic (exact) mass is 265 g/mol. The van der Waals surface area contributed by atoms with Gasteiger partial charge in [-0.25, -0.2) is 4.39 Å². The third kappa shape index (κ3) is 3.14. The molecular weight excluding hydrogens is 248 g/mol. The Morgan fingerprint density at radius 1 is 1.37 bits per heavy atom. The van der Waals surface area contributed by atoms with E-state index in [1.165, 1.54) is 6.07 Å². The van der Waals surface area contributed by atoms with Crippen LogP contribution in [0.5, 0.6) is 0 Å². The molecule has 1 aromatic rings. The van der Waals surface area contributed by atoms with Gasteiger partial charge in [-0.2, -0.15) is 0 Å². The molecule has 1 atom stereocenters. The molecule has 1 unspecified atom stereocenters. The van der Waals surface area contributed by atoms with Crippen LogP contribution < -0.4 is 5.46 Å². The Morgan fingerprint density at radius 3 is 2.74 bits per heavy atom. The minimum absolute atomic E-state index is 0.00647. The molecule has 19 heavy (non-hydrogen) atoms. The van der Waals surface area contributed by atoms with Crippen LogP contribution in [-0.2, 0) is 0 Å². The molecule has 0 bridgehead atoms. The number of amides is 1. The zero-order chi connectivity index (χ0) is 14.0. The van der Waals surface area contributed by atoms with Crippen LogP contribution >= 0.6 is 0 Å². The van der Waals surface area contributed by atoms with E-state index < -0.39 is 12.9 Å². The highest BCUT2D eigenvalue weighted by atomic mass is 19.1. The lowest BCUT2D eigenvalue weighted by Gasteiger charge is -2.33. The molecule has 1 fully saturated rings. The molecule has 1 aromatic carbocycles. The van der Waals surface area contributed by atoms with Gasteiger partial charge >= 0.3 is 7.12 Å². The summed E-state index contributed by atoms with van der Waals surface area (Å²) in [5.74, 6) is -0.896. The van der Waals surface area contributed by atoms with Crippen molar-refractivity contribution >= 4 is 18.5 Å². The summed E-state index contributed by atoms with van der Waals surface area (Å²) >= 11 is 0. The zero-order valence-electron chi connectivity index (χ0n) is 10.8. The van der Waals surface area contributed by atoms with E-state index in [9.17, 15) is 9.18 Å². The van der Waals surface area contributed by atoms with Crippen molar-refractivity contribution in [1.29, 1.82) is 0 Å². The molecule has 1 heterocycles. The van der Waals surface area contributed by atoms with E-state index >= 15 is 0 Å². The minimum atomic E-state index is -1.78. The van der Waals surface area contributed by atoms with Crippen molar-refractivity contribution in [2.45, 2.75) is 32.2 Å². The highest BCUT2D eigenvalue weighted by Gasteiger charge is 2.25.